The summed E-state index contributed by atoms with van der Waals surface area (Å²) in [5.41, 5.74) is 1.94. The molecular formula is C18H40Si. The Hall–Kier alpha value is 0.217. The summed E-state index contributed by atoms with van der Waals surface area (Å²) in [6, 6.07) is 3.18. The molecule has 0 N–H and O–H groups in total. The lowest BCUT2D eigenvalue weighted by Gasteiger charge is -2.40. The molecule has 19 heavy (non-hydrogen) atoms. The normalized spacial score (nSPS) is 12.6. The highest BCUT2D eigenvalue weighted by Crippen LogP contribution is 2.41. The van der Waals surface area contributed by atoms with E-state index in [1.165, 1.54) is 51.4 Å². The van der Waals surface area contributed by atoms with Crippen LogP contribution in [0.5, 0.6) is 0 Å². The van der Waals surface area contributed by atoms with Gasteiger partial charge in [-0.05, 0) is 0 Å². The van der Waals surface area contributed by atoms with E-state index in [-0.39, 0.29) is 0 Å². The Morgan fingerprint density at radius 3 is 1.21 bits per heavy atom. The van der Waals surface area contributed by atoms with Gasteiger partial charge in [0.25, 0.3) is 0 Å². The quantitative estimate of drug-likeness (QED) is 0.258. The molecule has 0 unspecified atom stereocenters. The van der Waals surface area contributed by atoms with E-state index in [2.05, 4.69) is 41.5 Å². The molecule has 0 bridgehead atoms. The van der Waals surface area contributed by atoms with E-state index in [1.54, 1.807) is 12.1 Å². The smallest absolute Gasteiger partial charge is 0.0587 e. The van der Waals surface area contributed by atoms with E-state index in [9.17, 15) is 0 Å². The van der Waals surface area contributed by atoms with Gasteiger partial charge in [0.15, 0.2) is 0 Å². The first-order chi connectivity index (χ1) is 9.01. The van der Waals surface area contributed by atoms with Crippen molar-refractivity contribution in [3.8, 4) is 0 Å². The molecule has 116 valence electrons. The van der Waals surface area contributed by atoms with Crippen LogP contribution in [0.2, 0.25) is 23.2 Å². The Morgan fingerprint density at radius 1 is 0.579 bits per heavy atom. The summed E-state index contributed by atoms with van der Waals surface area (Å²) in [7, 11) is -1.05. The SMILES string of the molecule is CCCCCC[Si](CCCCCC)(C(C)C)C(C)C. The van der Waals surface area contributed by atoms with Gasteiger partial charge in [-0.25, -0.2) is 0 Å². The Kier molecular flexibility index (Phi) is 11.1. The first-order valence-electron chi connectivity index (χ1n) is 9.01. The van der Waals surface area contributed by atoms with Gasteiger partial charge in [-0.15, -0.1) is 0 Å². The largest absolute Gasteiger partial charge is 0.0654 e. The van der Waals surface area contributed by atoms with Crippen LogP contribution in [0.4, 0.5) is 0 Å². The van der Waals surface area contributed by atoms with Gasteiger partial charge in [-0.2, -0.15) is 0 Å². The third-order valence-electron chi connectivity index (χ3n) is 5.29. The van der Waals surface area contributed by atoms with Crippen molar-refractivity contribution >= 4 is 8.07 Å². The van der Waals surface area contributed by atoms with Crippen molar-refractivity contribution in [3.05, 3.63) is 0 Å². The van der Waals surface area contributed by atoms with Crippen LogP contribution < -0.4 is 0 Å². The second kappa shape index (κ2) is 10.9. The fraction of sp³-hybridized carbons (Fsp3) is 1.00. The van der Waals surface area contributed by atoms with E-state index < -0.39 is 8.07 Å². The molecule has 0 fully saturated rings. The predicted octanol–water partition coefficient (Wildman–Crippen LogP) is 7.42. The van der Waals surface area contributed by atoms with Crippen LogP contribution in [0, 0.1) is 0 Å². The minimum atomic E-state index is -1.05. The summed E-state index contributed by atoms with van der Waals surface area (Å²) in [5, 5.41) is 0. The maximum Gasteiger partial charge on any atom is 0.0587 e. The molecule has 1 heteroatoms. The highest BCUT2D eigenvalue weighted by Gasteiger charge is 2.37. The summed E-state index contributed by atoms with van der Waals surface area (Å²) in [6.45, 7) is 14.7. The van der Waals surface area contributed by atoms with Crippen LogP contribution in [0.3, 0.4) is 0 Å². The molecule has 0 spiro atoms. The van der Waals surface area contributed by atoms with Gasteiger partial charge in [-0.1, -0.05) is 116 Å². The Morgan fingerprint density at radius 2 is 0.947 bits per heavy atom. The lowest BCUT2D eigenvalue weighted by molar-refractivity contribution is 0.663. The fourth-order valence-electron chi connectivity index (χ4n) is 3.71. The van der Waals surface area contributed by atoms with E-state index in [1.807, 2.05) is 0 Å². The number of unbranched alkanes of at least 4 members (excludes halogenated alkanes) is 6. The molecule has 0 atom stereocenters. The number of hydrogen-bond acceptors (Lipinski definition) is 0. The molecule has 0 aromatic carbocycles. The minimum absolute atomic E-state index is 0.968. The minimum Gasteiger partial charge on any atom is -0.0654 e. The van der Waals surface area contributed by atoms with Crippen LogP contribution in [-0.4, -0.2) is 8.07 Å². The van der Waals surface area contributed by atoms with Gasteiger partial charge >= 0.3 is 0 Å². The fourth-order valence-corrected chi connectivity index (χ4v) is 9.42. The van der Waals surface area contributed by atoms with Crippen LogP contribution in [0.15, 0.2) is 0 Å². The average Bonchev–Trinajstić information content (AvgIpc) is 2.36. The summed E-state index contributed by atoms with van der Waals surface area (Å²) >= 11 is 0. The van der Waals surface area contributed by atoms with Crippen molar-refractivity contribution in [2.45, 2.75) is 116 Å². The summed E-state index contributed by atoms with van der Waals surface area (Å²) in [6.07, 6.45) is 11.6. The van der Waals surface area contributed by atoms with Crippen LogP contribution in [0.1, 0.15) is 92.9 Å². The summed E-state index contributed by atoms with van der Waals surface area (Å²) in [4.78, 5) is 0. The predicted molar refractivity (Wildman–Crippen MR) is 93.8 cm³/mol. The molecule has 0 radical (unpaired) electrons. The van der Waals surface area contributed by atoms with Gasteiger partial charge in [0.05, 0.1) is 8.07 Å². The monoisotopic (exact) mass is 284 g/mol. The molecule has 0 saturated carbocycles. The second-order valence-corrected chi connectivity index (χ2v) is 12.9. The van der Waals surface area contributed by atoms with Crippen molar-refractivity contribution in [1.82, 2.24) is 0 Å². The zero-order valence-corrected chi connectivity index (χ0v) is 15.7. The third kappa shape index (κ3) is 6.97. The Balaban J connectivity index is 4.41. The molecule has 0 saturated heterocycles. The number of hydrogen-bond donors (Lipinski definition) is 0. The highest BCUT2D eigenvalue weighted by molar-refractivity contribution is 6.82. The zero-order valence-electron chi connectivity index (χ0n) is 14.7. The molecule has 0 rings (SSSR count). The van der Waals surface area contributed by atoms with E-state index >= 15 is 0 Å². The van der Waals surface area contributed by atoms with Crippen molar-refractivity contribution in [2.24, 2.45) is 0 Å². The molecule has 0 heterocycles. The summed E-state index contributed by atoms with van der Waals surface area (Å²) in [5.74, 6) is 0. The Bertz CT molecular complexity index is 174. The molecule has 0 nitrogen and oxygen atoms in total. The van der Waals surface area contributed by atoms with Crippen molar-refractivity contribution in [3.63, 3.8) is 0 Å². The van der Waals surface area contributed by atoms with E-state index in [0.29, 0.717) is 0 Å². The van der Waals surface area contributed by atoms with Gasteiger partial charge in [0.2, 0.25) is 0 Å². The van der Waals surface area contributed by atoms with Gasteiger partial charge in [0, 0.05) is 0 Å². The van der Waals surface area contributed by atoms with Gasteiger partial charge in [0.1, 0.15) is 0 Å². The van der Waals surface area contributed by atoms with Crippen LogP contribution >= 0.6 is 0 Å². The molecule has 0 aromatic heterocycles. The maximum atomic E-state index is 2.52. The van der Waals surface area contributed by atoms with Crippen LogP contribution in [0.25, 0.3) is 0 Å². The van der Waals surface area contributed by atoms with E-state index in [4.69, 9.17) is 0 Å². The average molecular weight is 285 g/mol. The molecular weight excluding hydrogens is 244 g/mol. The van der Waals surface area contributed by atoms with Crippen molar-refractivity contribution < 1.29 is 0 Å². The van der Waals surface area contributed by atoms with Gasteiger partial charge < -0.3 is 0 Å². The zero-order chi connectivity index (χ0) is 14.7. The lowest BCUT2D eigenvalue weighted by atomic mass is 10.2. The topological polar surface area (TPSA) is 0 Å². The molecule has 0 amide bonds. The van der Waals surface area contributed by atoms with Crippen LogP contribution in [-0.2, 0) is 0 Å². The highest BCUT2D eigenvalue weighted by atomic mass is 28.3. The molecule has 0 aliphatic rings. The van der Waals surface area contributed by atoms with Gasteiger partial charge in [-0.3, -0.25) is 0 Å². The standard InChI is InChI=1S/C18H40Si/c1-7-9-11-13-15-19(17(3)4,18(5)6)16-14-12-10-8-2/h17-18H,7-16H2,1-6H3. The number of rotatable bonds is 12. The molecule has 0 aliphatic heterocycles. The Labute approximate surface area is 124 Å². The third-order valence-corrected chi connectivity index (χ3v) is 12.5. The first kappa shape index (κ1) is 19.2. The lowest BCUT2D eigenvalue weighted by Crippen LogP contribution is -2.40. The van der Waals surface area contributed by atoms with E-state index in [0.717, 1.165) is 11.1 Å². The van der Waals surface area contributed by atoms with Crippen molar-refractivity contribution in [1.29, 1.82) is 0 Å². The van der Waals surface area contributed by atoms with Crippen molar-refractivity contribution in [2.75, 3.05) is 0 Å². The molecule has 0 aromatic rings. The summed E-state index contributed by atoms with van der Waals surface area (Å²) < 4.78 is 0. The molecule has 0 aliphatic carbocycles. The first-order valence-corrected chi connectivity index (χ1v) is 11.6. The second-order valence-electron chi connectivity index (χ2n) is 7.16. The maximum absolute atomic E-state index is 2.52.